The monoisotopic (exact) mass is 292 g/mol. The third-order valence-corrected chi connectivity index (χ3v) is 3.22. The van der Waals surface area contributed by atoms with Gasteiger partial charge in [0.25, 0.3) is 11.8 Å². The Labute approximate surface area is 107 Å². The van der Waals surface area contributed by atoms with Gasteiger partial charge < -0.3 is 0 Å². The van der Waals surface area contributed by atoms with Gasteiger partial charge in [0.15, 0.2) is 0 Å². The fourth-order valence-corrected chi connectivity index (χ4v) is 2.21. The van der Waals surface area contributed by atoms with E-state index in [-0.39, 0.29) is 11.8 Å². The highest BCUT2D eigenvalue weighted by molar-refractivity contribution is 9.10. The number of carbonyl (C=O) groups is 2. The molecular formula is C12H9BrN2O2. The molecule has 1 aliphatic heterocycles. The van der Waals surface area contributed by atoms with Crippen molar-refractivity contribution in [3.8, 4) is 6.07 Å². The lowest BCUT2D eigenvalue weighted by molar-refractivity contribution is 0.0616. The summed E-state index contributed by atoms with van der Waals surface area (Å²) in [5, 5.41) is 8.95. The van der Waals surface area contributed by atoms with Gasteiger partial charge in [0.1, 0.15) is 6.04 Å². The lowest BCUT2D eigenvalue weighted by Crippen LogP contribution is -2.38. The minimum absolute atomic E-state index is 0.359. The Bertz CT molecular complexity index is 548. The lowest BCUT2D eigenvalue weighted by atomic mass is 10.1. The number of carbonyl (C=O) groups excluding carboxylic acids is 2. The summed E-state index contributed by atoms with van der Waals surface area (Å²) >= 11 is 3.26. The maximum Gasteiger partial charge on any atom is 0.262 e. The van der Waals surface area contributed by atoms with Crippen molar-refractivity contribution in [2.45, 2.75) is 19.4 Å². The van der Waals surface area contributed by atoms with Crippen molar-refractivity contribution in [1.82, 2.24) is 4.90 Å². The van der Waals surface area contributed by atoms with Gasteiger partial charge in [-0.1, -0.05) is 22.9 Å². The fraction of sp³-hybridized carbons (Fsp3) is 0.250. The number of hydrogen-bond acceptors (Lipinski definition) is 3. The van der Waals surface area contributed by atoms with Crippen LogP contribution in [0.25, 0.3) is 0 Å². The van der Waals surface area contributed by atoms with Gasteiger partial charge in [-0.3, -0.25) is 14.5 Å². The number of nitriles is 1. The minimum atomic E-state index is -0.693. The van der Waals surface area contributed by atoms with E-state index >= 15 is 0 Å². The standard InChI is InChI=1S/C12H9BrN2O2/c1-2-8(6-14)15-11(16)9-4-3-7(13)5-10(9)12(15)17/h3-5,8H,2H2,1H3. The molecule has 1 aromatic carbocycles. The molecule has 0 saturated heterocycles. The van der Waals surface area contributed by atoms with E-state index in [1.165, 1.54) is 0 Å². The number of halogens is 1. The lowest BCUT2D eigenvalue weighted by Gasteiger charge is -2.18. The molecule has 2 amide bonds. The average molecular weight is 293 g/mol. The van der Waals surface area contributed by atoms with Gasteiger partial charge in [-0.05, 0) is 24.6 Å². The highest BCUT2D eigenvalue weighted by Crippen LogP contribution is 2.27. The Balaban J connectivity index is 2.50. The van der Waals surface area contributed by atoms with Crippen LogP contribution in [-0.2, 0) is 0 Å². The van der Waals surface area contributed by atoms with Crippen LogP contribution in [0.2, 0.25) is 0 Å². The molecule has 1 atom stereocenters. The molecule has 1 aliphatic rings. The van der Waals surface area contributed by atoms with E-state index < -0.39 is 6.04 Å². The maximum atomic E-state index is 12.1. The molecule has 0 radical (unpaired) electrons. The maximum absolute atomic E-state index is 12.1. The van der Waals surface area contributed by atoms with Gasteiger partial charge in [0.05, 0.1) is 17.2 Å². The molecule has 4 nitrogen and oxygen atoms in total. The summed E-state index contributed by atoms with van der Waals surface area (Å²) in [4.78, 5) is 25.1. The fourth-order valence-electron chi connectivity index (χ4n) is 1.85. The Morgan fingerprint density at radius 2 is 2.00 bits per heavy atom. The molecule has 1 unspecified atom stereocenters. The summed E-state index contributed by atoms with van der Waals surface area (Å²) < 4.78 is 0.740. The molecule has 0 aliphatic carbocycles. The van der Waals surface area contributed by atoms with Crippen LogP contribution in [0.1, 0.15) is 34.1 Å². The zero-order chi connectivity index (χ0) is 12.6. The number of nitrogens with zero attached hydrogens (tertiary/aromatic N) is 2. The van der Waals surface area contributed by atoms with Crippen LogP contribution in [0, 0.1) is 11.3 Å². The second-order valence-corrected chi connectivity index (χ2v) is 4.64. The Morgan fingerprint density at radius 1 is 1.35 bits per heavy atom. The van der Waals surface area contributed by atoms with Crippen LogP contribution in [-0.4, -0.2) is 22.8 Å². The summed E-state index contributed by atoms with van der Waals surface area (Å²) in [5.74, 6) is -0.773. The SMILES string of the molecule is CCC(C#N)N1C(=O)c2ccc(Br)cc2C1=O. The second kappa shape index (κ2) is 4.30. The van der Waals surface area contributed by atoms with Crippen LogP contribution in [0.3, 0.4) is 0 Å². The van der Waals surface area contributed by atoms with Crippen LogP contribution >= 0.6 is 15.9 Å². The van der Waals surface area contributed by atoms with Gasteiger partial charge in [-0.25, -0.2) is 0 Å². The molecule has 0 saturated carbocycles. The summed E-state index contributed by atoms with van der Waals surface area (Å²) in [7, 11) is 0. The van der Waals surface area contributed by atoms with E-state index in [9.17, 15) is 9.59 Å². The number of fused-ring (bicyclic) bond motifs is 1. The summed E-state index contributed by atoms with van der Waals surface area (Å²) in [6, 6.07) is 6.20. The molecule has 0 aromatic heterocycles. The smallest absolute Gasteiger partial charge is 0.262 e. The third-order valence-electron chi connectivity index (χ3n) is 2.73. The van der Waals surface area contributed by atoms with E-state index in [2.05, 4.69) is 15.9 Å². The van der Waals surface area contributed by atoms with Gasteiger partial charge in [-0.15, -0.1) is 0 Å². The van der Waals surface area contributed by atoms with Gasteiger partial charge in [-0.2, -0.15) is 5.26 Å². The molecular weight excluding hydrogens is 284 g/mol. The molecule has 0 fully saturated rings. The van der Waals surface area contributed by atoms with Crippen LogP contribution < -0.4 is 0 Å². The average Bonchev–Trinajstić information content (AvgIpc) is 2.56. The van der Waals surface area contributed by atoms with Gasteiger partial charge in [0.2, 0.25) is 0 Å². The topological polar surface area (TPSA) is 61.2 Å². The van der Waals surface area contributed by atoms with Crippen molar-refractivity contribution in [1.29, 1.82) is 5.26 Å². The third kappa shape index (κ3) is 1.75. The predicted octanol–water partition coefficient (Wildman–Crippen LogP) is 2.35. The molecule has 1 aromatic rings. The summed E-state index contributed by atoms with van der Waals surface area (Å²) in [6.07, 6.45) is 0.434. The molecule has 5 heteroatoms. The first-order valence-corrected chi connectivity index (χ1v) is 5.96. The van der Waals surface area contributed by atoms with E-state index in [4.69, 9.17) is 5.26 Å². The Hall–Kier alpha value is -1.67. The normalized spacial score (nSPS) is 15.7. The molecule has 17 heavy (non-hydrogen) atoms. The van der Waals surface area contributed by atoms with Crippen molar-refractivity contribution in [2.75, 3.05) is 0 Å². The number of rotatable bonds is 2. The number of amides is 2. The number of hydrogen-bond donors (Lipinski definition) is 0. The van der Waals surface area contributed by atoms with Crippen molar-refractivity contribution < 1.29 is 9.59 Å². The largest absolute Gasteiger partial charge is 0.269 e. The first-order chi connectivity index (χ1) is 8.10. The first-order valence-electron chi connectivity index (χ1n) is 5.17. The van der Waals surface area contributed by atoms with Crippen molar-refractivity contribution >= 4 is 27.7 Å². The van der Waals surface area contributed by atoms with E-state index in [1.54, 1.807) is 25.1 Å². The highest BCUT2D eigenvalue weighted by Gasteiger charge is 2.39. The van der Waals surface area contributed by atoms with Crippen LogP contribution in [0.5, 0.6) is 0 Å². The summed E-state index contributed by atoms with van der Waals surface area (Å²) in [6.45, 7) is 1.77. The van der Waals surface area contributed by atoms with E-state index in [0.29, 0.717) is 17.5 Å². The minimum Gasteiger partial charge on any atom is -0.269 e. The molecule has 0 spiro atoms. The van der Waals surface area contributed by atoms with Crippen molar-refractivity contribution in [2.24, 2.45) is 0 Å². The van der Waals surface area contributed by atoms with Gasteiger partial charge in [0, 0.05) is 4.47 Å². The van der Waals surface area contributed by atoms with Crippen molar-refractivity contribution in [3.05, 3.63) is 33.8 Å². The zero-order valence-electron chi connectivity index (χ0n) is 9.11. The molecule has 0 N–H and O–H groups in total. The molecule has 0 bridgehead atoms. The zero-order valence-corrected chi connectivity index (χ0v) is 10.7. The van der Waals surface area contributed by atoms with Gasteiger partial charge >= 0.3 is 0 Å². The van der Waals surface area contributed by atoms with Crippen LogP contribution in [0.15, 0.2) is 22.7 Å². The highest BCUT2D eigenvalue weighted by atomic mass is 79.9. The summed E-state index contributed by atoms with van der Waals surface area (Å²) in [5.41, 5.74) is 0.727. The van der Waals surface area contributed by atoms with E-state index in [0.717, 1.165) is 9.37 Å². The van der Waals surface area contributed by atoms with E-state index in [1.807, 2.05) is 6.07 Å². The predicted molar refractivity (Wildman–Crippen MR) is 64.3 cm³/mol. The Kier molecular flexibility index (Phi) is 2.99. The molecule has 86 valence electrons. The second-order valence-electron chi connectivity index (χ2n) is 3.72. The number of imide groups is 1. The van der Waals surface area contributed by atoms with Crippen LogP contribution in [0.4, 0.5) is 0 Å². The quantitative estimate of drug-likeness (QED) is 0.786. The molecule has 1 heterocycles. The molecule has 2 rings (SSSR count). The van der Waals surface area contributed by atoms with Crippen molar-refractivity contribution in [3.63, 3.8) is 0 Å². The Morgan fingerprint density at radius 3 is 2.59 bits per heavy atom. The first kappa shape index (κ1) is 11.8. The number of benzene rings is 1.